The van der Waals surface area contributed by atoms with Crippen LogP contribution in [0.15, 0.2) is 48.8 Å². The molecule has 5 fully saturated rings. The van der Waals surface area contributed by atoms with Crippen molar-refractivity contribution < 1.29 is 42.9 Å². The Bertz CT molecular complexity index is 2460. The predicted molar refractivity (Wildman–Crippen MR) is 247 cm³/mol. The highest BCUT2D eigenvalue weighted by Gasteiger charge is 2.64. The zero-order valence-electron chi connectivity index (χ0n) is 39.5. The van der Waals surface area contributed by atoms with Crippen molar-refractivity contribution in [3.63, 3.8) is 0 Å². The van der Waals surface area contributed by atoms with E-state index in [0.717, 1.165) is 95.4 Å². The number of carbonyl (C=O) groups is 5. The maximum absolute atomic E-state index is 13.6. The van der Waals surface area contributed by atoms with E-state index >= 15 is 0 Å². The summed E-state index contributed by atoms with van der Waals surface area (Å²) in [6, 6.07) is 11.3. The Kier molecular flexibility index (Phi) is 13.2. The van der Waals surface area contributed by atoms with Crippen LogP contribution in [0.1, 0.15) is 103 Å². The predicted octanol–water partition coefficient (Wildman–Crippen LogP) is 3.83. The van der Waals surface area contributed by atoms with Gasteiger partial charge in [0.2, 0.25) is 11.8 Å². The van der Waals surface area contributed by atoms with Crippen molar-refractivity contribution in [3.05, 3.63) is 71.2 Å². The molecule has 4 aliphatic heterocycles. The van der Waals surface area contributed by atoms with Crippen LogP contribution in [0.3, 0.4) is 0 Å². The van der Waals surface area contributed by atoms with E-state index in [2.05, 4.69) is 64.1 Å². The Morgan fingerprint density at radius 2 is 1.62 bits per heavy atom. The van der Waals surface area contributed by atoms with Gasteiger partial charge in [-0.15, -0.1) is 0 Å². The number of rotatable bonds is 15. The average molecular weight is 932 g/mol. The number of carbonyl (C=O) groups excluding carboxylic acids is 5. The normalized spacial score (nSPS) is 25.8. The number of amides is 5. The minimum atomic E-state index is -1.02. The maximum atomic E-state index is 13.6. The summed E-state index contributed by atoms with van der Waals surface area (Å²) in [6.07, 6.45) is 6.82. The number of aromatic nitrogens is 2. The Morgan fingerprint density at radius 3 is 2.29 bits per heavy atom. The van der Waals surface area contributed by atoms with Gasteiger partial charge < -0.3 is 29.2 Å². The average Bonchev–Trinajstić information content (AvgIpc) is 3.57. The fraction of sp³-hybridized carbons (Fsp3) is 0.560. The van der Waals surface area contributed by atoms with E-state index in [1.807, 2.05) is 0 Å². The number of morpholine rings is 1. The quantitative estimate of drug-likeness (QED) is 0.208. The van der Waals surface area contributed by atoms with Crippen molar-refractivity contribution in [2.75, 3.05) is 71.0 Å². The van der Waals surface area contributed by atoms with Crippen LogP contribution in [0.25, 0.3) is 0 Å². The summed E-state index contributed by atoms with van der Waals surface area (Å²) in [5.41, 5.74) is 0.305. The first kappa shape index (κ1) is 46.9. The van der Waals surface area contributed by atoms with Crippen LogP contribution in [-0.4, -0.2) is 151 Å². The molecule has 2 aliphatic carbocycles. The number of piperidine rings is 2. The zero-order chi connectivity index (χ0) is 47.9. The lowest BCUT2D eigenvalue weighted by molar-refractivity contribution is -0.164. The highest BCUT2D eigenvalue weighted by Crippen LogP contribution is 2.55. The monoisotopic (exact) mass is 931 g/mol. The number of nitrogens with one attached hydrogen (secondary N) is 2. The van der Waals surface area contributed by atoms with E-state index in [1.54, 1.807) is 48.8 Å². The van der Waals surface area contributed by atoms with Gasteiger partial charge in [0.15, 0.2) is 0 Å². The number of nitrogens with zero attached hydrogens (tertiary/aromatic N) is 7. The van der Waals surface area contributed by atoms with Crippen LogP contribution in [0.5, 0.6) is 17.2 Å². The highest BCUT2D eigenvalue weighted by molar-refractivity contribution is 6.23. The lowest BCUT2D eigenvalue weighted by atomic mass is 9.49. The van der Waals surface area contributed by atoms with Crippen molar-refractivity contribution in [3.8, 4) is 23.3 Å². The Labute approximate surface area is 396 Å². The molecule has 1 atom stereocenters. The van der Waals surface area contributed by atoms with E-state index in [-0.39, 0.29) is 53.8 Å². The van der Waals surface area contributed by atoms with Gasteiger partial charge in [0.05, 0.1) is 49.4 Å². The van der Waals surface area contributed by atoms with Crippen molar-refractivity contribution in [2.45, 2.75) is 96.6 Å². The second-order valence-electron chi connectivity index (χ2n) is 20.2. The van der Waals surface area contributed by atoms with Gasteiger partial charge in [0, 0.05) is 94.1 Å². The summed E-state index contributed by atoms with van der Waals surface area (Å²) in [7, 11) is 1.52. The Morgan fingerprint density at radius 1 is 0.912 bits per heavy atom. The molecular weight excluding hydrogens is 871 g/mol. The summed E-state index contributed by atoms with van der Waals surface area (Å²) in [4.78, 5) is 82.0. The molecule has 18 nitrogen and oxygen atoms in total. The molecule has 2 N–H and O–H groups in total. The standard InChI is InChI=1S/C50H61N9O9/c1-49(2)47(50(3,4)48(49)68-34-7-6-31(26-51)40(25-34)65-5)55-43(61)38-27-53-41(28-52-38)57-14-12-30(13-15-57)29-58(17-16-56-18-20-66-21-19-56)32-22-35(23-32)67-33-8-9-36-37(24-33)46(64)59(45(36)63)39-10-11-42(60)54-44(39)62/h6-9,24-25,27-28,30,32,35,39,47-48H,10-23,29H2,1-5H3,(H,55,61)(H,54,60,62). The van der Waals surface area contributed by atoms with E-state index in [1.165, 1.54) is 7.11 Å². The number of fused-ring (bicyclic) bond motifs is 1. The SMILES string of the molecule is COc1cc(OC2C(C)(C)C(NC(=O)c3cnc(N4CCC(CN(CCN5CCOCC5)C5CC(Oc6ccc7c(c6)C(=O)N(C6CCC(=O)NC6=O)C7=O)C5)CC4)cn3)C2(C)C)ccc1C#N. The summed E-state index contributed by atoms with van der Waals surface area (Å²) in [5, 5.41) is 14.8. The number of imide groups is 2. The zero-order valence-corrected chi connectivity index (χ0v) is 39.5. The maximum Gasteiger partial charge on any atom is 0.271 e. The number of hydrogen-bond donors (Lipinski definition) is 2. The first-order valence-corrected chi connectivity index (χ1v) is 23.8. The second-order valence-corrected chi connectivity index (χ2v) is 20.2. The van der Waals surface area contributed by atoms with Crippen molar-refractivity contribution >= 4 is 35.4 Å². The van der Waals surface area contributed by atoms with Gasteiger partial charge in [0.1, 0.15) is 53.1 Å². The highest BCUT2D eigenvalue weighted by atomic mass is 16.5. The van der Waals surface area contributed by atoms with Crippen LogP contribution in [0.4, 0.5) is 5.82 Å². The third kappa shape index (κ3) is 9.23. The molecule has 3 saturated heterocycles. The van der Waals surface area contributed by atoms with Gasteiger partial charge in [-0.2, -0.15) is 5.26 Å². The third-order valence-electron chi connectivity index (χ3n) is 15.1. The van der Waals surface area contributed by atoms with Crippen LogP contribution >= 0.6 is 0 Å². The van der Waals surface area contributed by atoms with E-state index < -0.39 is 40.5 Å². The molecule has 1 unspecified atom stereocenters. The van der Waals surface area contributed by atoms with Gasteiger partial charge in [-0.05, 0) is 55.5 Å². The molecule has 360 valence electrons. The third-order valence-corrected chi connectivity index (χ3v) is 15.1. The molecule has 68 heavy (non-hydrogen) atoms. The summed E-state index contributed by atoms with van der Waals surface area (Å²) in [6.45, 7) is 16.2. The molecule has 3 aromatic rings. The molecule has 18 heteroatoms. The summed E-state index contributed by atoms with van der Waals surface area (Å²) < 4.78 is 23.8. The van der Waals surface area contributed by atoms with E-state index in [4.69, 9.17) is 23.9 Å². The van der Waals surface area contributed by atoms with Gasteiger partial charge in [-0.1, -0.05) is 27.7 Å². The number of nitriles is 1. The molecule has 5 amide bonds. The van der Waals surface area contributed by atoms with Gasteiger partial charge >= 0.3 is 0 Å². The fourth-order valence-electron chi connectivity index (χ4n) is 11.4. The van der Waals surface area contributed by atoms with Gasteiger partial charge in [-0.3, -0.25) is 44.0 Å². The fourth-order valence-corrected chi connectivity index (χ4v) is 11.4. The molecule has 0 radical (unpaired) electrons. The molecule has 5 heterocycles. The Balaban J connectivity index is 0.767. The number of hydrogen-bond acceptors (Lipinski definition) is 15. The minimum absolute atomic E-state index is 0.0457. The number of anilines is 1. The summed E-state index contributed by atoms with van der Waals surface area (Å²) in [5.74, 6) is 0.379. The van der Waals surface area contributed by atoms with E-state index in [9.17, 15) is 29.2 Å². The van der Waals surface area contributed by atoms with Crippen LogP contribution in [-0.2, 0) is 14.3 Å². The number of benzene rings is 2. The molecule has 9 rings (SSSR count). The van der Waals surface area contributed by atoms with Crippen molar-refractivity contribution in [1.29, 1.82) is 5.26 Å². The Hall–Kier alpha value is -6.16. The van der Waals surface area contributed by atoms with Crippen LogP contribution < -0.4 is 29.7 Å². The molecule has 0 spiro atoms. The second kappa shape index (κ2) is 19.1. The smallest absolute Gasteiger partial charge is 0.271 e. The van der Waals surface area contributed by atoms with E-state index in [0.29, 0.717) is 34.8 Å². The lowest BCUT2D eigenvalue weighted by Gasteiger charge is -2.63. The molecule has 0 bridgehead atoms. The van der Waals surface area contributed by atoms with Crippen LogP contribution in [0, 0.1) is 28.1 Å². The first-order chi connectivity index (χ1) is 32.6. The molecular formula is C50H61N9O9. The first-order valence-electron chi connectivity index (χ1n) is 23.8. The number of ether oxygens (including phenoxy) is 4. The van der Waals surface area contributed by atoms with Gasteiger partial charge in [0.25, 0.3) is 17.7 Å². The molecule has 2 aromatic carbocycles. The lowest BCUT2D eigenvalue weighted by Crippen LogP contribution is -2.74. The van der Waals surface area contributed by atoms with Crippen LogP contribution in [0.2, 0.25) is 0 Å². The van der Waals surface area contributed by atoms with Gasteiger partial charge in [-0.25, -0.2) is 9.97 Å². The molecule has 1 aromatic heterocycles. The molecule has 2 saturated carbocycles. The molecule has 6 aliphatic rings. The topological polar surface area (TPSA) is 209 Å². The largest absolute Gasteiger partial charge is 0.495 e. The van der Waals surface area contributed by atoms with Crippen molar-refractivity contribution in [1.82, 2.24) is 35.3 Å². The van der Waals surface area contributed by atoms with Crippen molar-refractivity contribution in [2.24, 2.45) is 16.7 Å². The minimum Gasteiger partial charge on any atom is -0.495 e. The summed E-state index contributed by atoms with van der Waals surface area (Å²) >= 11 is 0. The number of methoxy groups -OCH3 is 1.